The normalized spacial score (nSPS) is 22.6. The zero-order valence-electron chi connectivity index (χ0n) is 18.3. The Balaban J connectivity index is 1.49. The number of carbonyl (C=O) groups excluding carboxylic acids is 4. The molecule has 34 heavy (non-hydrogen) atoms. The first-order chi connectivity index (χ1) is 16.4. The van der Waals surface area contributed by atoms with Crippen LogP contribution in [0.5, 0.6) is 0 Å². The maximum Gasteiger partial charge on any atom is 0.262 e. The van der Waals surface area contributed by atoms with E-state index in [1.54, 1.807) is 24.4 Å². The summed E-state index contributed by atoms with van der Waals surface area (Å²) in [6.45, 7) is 1.98. The van der Waals surface area contributed by atoms with Gasteiger partial charge in [-0.1, -0.05) is 23.7 Å². The number of hydrogen-bond acceptors (Lipinski definition) is 8. The molecule has 2 atom stereocenters. The average molecular weight is 483 g/mol. The summed E-state index contributed by atoms with van der Waals surface area (Å²) >= 11 is 6.11. The fourth-order valence-corrected chi connectivity index (χ4v) is 5.01. The molecule has 3 aliphatic heterocycles. The molecule has 2 saturated heterocycles. The van der Waals surface area contributed by atoms with Crippen LogP contribution in [0.1, 0.15) is 52.0 Å². The average Bonchev–Trinajstić information content (AvgIpc) is 3.09. The van der Waals surface area contributed by atoms with Gasteiger partial charge in [0.25, 0.3) is 11.8 Å². The predicted octanol–water partition coefficient (Wildman–Crippen LogP) is 1.29. The van der Waals surface area contributed by atoms with Gasteiger partial charge in [0.2, 0.25) is 11.8 Å². The van der Waals surface area contributed by atoms with E-state index in [0.717, 1.165) is 30.8 Å². The molecule has 2 aromatic rings. The second-order valence-corrected chi connectivity index (χ2v) is 9.00. The highest BCUT2D eigenvalue weighted by Gasteiger charge is 2.45. The van der Waals surface area contributed by atoms with Crippen LogP contribution in [0.25, 0.3) is 0 Å². The van der Waals surface area contributed by atoms with Crippen LogP contribution in [0, 0.1) is 0 Å². The third-order valence-corrected chi connectivity index (χ3v) is 6.68. The van der Waals surface area contributed by atoms with Crippen molar-refractivity contribution < 1.29 is 19.2 Å². The predicted molar refractivity (Wildman–Crippen MR) is 122 cm³/mol. The number of nitrogens with zero attached hydrogens (tertiary/aromatic N) is 4. The number of anilines is 1. The number of halogens is 1. The minimum absolute atomic E-state index is 0.0760. The topological polar surface area (TPSA) is 125 Å². The molecule has 5 rings (SSSR count). The van der Waals surface area contributed by atoms with E-state index in [1.165, 1.54) is 6.20 Å². The number of hydrogen-bond donors (Lipinski definition) is 2. The van der Waals surface area contributed by atoms with Gasteiger partial charge in [-0.05, 0) is 37.4 Å². The zero-order chi connectivity index (χ0) is 23.8. The number of amides is 4. The second-order valence-electron chi connectivity index (χ2n) is 8.61. The maximum atomic E-state index is 13.5. The molecule has 1 aromatic carbocycles. The van der Waals surface area contributed by atoms with Gasteiger partial charge in [-0.3, -0.25) is 34.4 Å². The summed E-state index contributed by atoms with van der Waals surface area (Å²) in [6.07, 6.45) is 5.19. The molecule has 4 amide bonds. The highest BCUT2D eigenvalue weighted by atomic mass is 35.5. The number of fused-ring (bicyclic) bond motifs is 1. The maximum absolute atomic E-state index is 13.5. The molecule has 0 bridgehead atoms. The highest BCUT2D eigenvalue weighted by molar-refractivity contribution is 6.29. The number of benzene rings is 1. The SMILES string of the molecule is O=C1CCC(N2C(=O)c3cccc(CN(c4cncc(Cl)n4)C4CCCNC4)c3C2=O)C(=O)N1. The molecule has 4 heterocycles. The lowest BCUT2D eigenvalue weighted by Crippen LogP contribution is -2.54. The Morgan fingerprint density at radius 2 is 1.97 bits per heavy atom. The minimum atomic E-state index is -1.00. The molecule has 0 radical (unpaired) electrons. The molecule has 2 N–H and O–H groups in total. The Bertz CT molecular complexity index is 1180. The van der Waals surface area contributed by atoms with Gasteiger partial charge in [0, 0.05) is 25.6 Å². The fraction of sp³-hybridized carbons (Fsp3) is 0.391. The van der Waals surface area contributed by atoms with E-state index < -0.39 is 29.7 Å². The van der Waals surface area contributed by atoms with Crippen LogP contribution in [-0.2, 0) is 16.1 Å². The Hall–Kier alpha value is -3.37. The van der Waals surface area contributed by atoms with Crippen molar-refractivity contribution in [1.82, 2.24) is 25.5 Å². The largest absolute Gasteiger partial charge is 0.347 e. The Morgan fingerprint density at radius 3 is 2.71 bits per heavy atom. The minimum Gasteiger partial charge on any atom is -0.347 e. The van der Waals surface area contributed by atoms with Crippen LogP contribution >= 0.6 is 11.6 Å². The molecule has 0 aliphatic carbocycles. The number of aromatic nitrogens is 2. The van der Waals surface area contributed by atoms with Crippen LogP contribution in [0.4, 0.5) is 5.82 Å². The number of imide groups is 2. The molecule has 3 aliphatic rings. The zero-order valence-corrected chi connectivity index (χ0v) is 19.0. The molecule has 0 spiro atoms. The van der Waals surface area contributed by atoms with Gasteiger partial charge in [0.15, 0.2) is 0 Å². The monoisotopic (exact) mass is 482 g/mol. The van der Waals surface area contributed by atoms with Gasteiger partial charge >= 0.3 is 0 Å². The van der Waals surface area contributed by atoms with Gasteiger partial charge in [-0.15, -0.1) is 0 Å². The third kappa shape index (κ3) is 4.03. The van der Waals surface area contributed by atoms with Gasteiger partial charge in [-0.25, -0.2) is 4.98 Å². The third-order valence-electron chi connectivity index (χ3n) is 6.49. The molecule has 10 nitrogen and oxygen atoms in total. The Morgan fingerprint density at radius 1 is 1.12 bits per heavy atom. The van der Waals surface area contributed by atoms with Crippen molar-refractivity contribution in [2.45, 2.75) is 44.3 Å². The van der Waals surface area contributed by atoms with Crippen molar-refractivity contribution in [1.29, 1.82) is 0 Å². The van der Waals surface area contributed by atoms with E-state index in [4.69, 9.17) is 11.6 Å². The molecule has 0 saturated carbocycles. The van der Waals surface area contributed by atoms with Crippen molar-refractivity contribution >= 4 is 41.0 Å². The quantitative estimate of drug-likeness (QED) is 0.611. The smallest absolute Gasteiger partial charge is 0.262 e. The fourth-order valence-electron chi connectivity index (χ4n) is 4.87. The number of carbonyl (C=O) groups is 4. The van der Waals surface area contributed by atoms with E-state index in [-0.39, 0.29) is 35.2 Å². The van der Waals surface area contributed by atoms with Crippen LogP contribution in [0.3, 0.4) is 0 Å². The summed E-state index contributed by atoms with van der Waals surface area (Å²) in [6, 6.07) is 4.22. The van der Waals surface area contributed by atoms with Crippen molar-refractivity contribution in [2.24, 2.45) is 0 Å². The van der Waals surface area contributed by atoms with Crippen molar-refractivity contribution in [3.05, 3.63) is 52.4 Å². The lowest BCUT2D eigenvalue weighted by atomic mass is 10.00. The molecule has 2 unspecified atom stereocenters. The number of rotatable bonds is 5. The Kier molecular flexibility index (Phi) is 6.01. The first-order valence-corrected chi connectivity index (χ1v) is 11.6. The van der Waals surface area contributed by atoms with E-state index in [2.05, 4.69) is 20.6 Å². The standard InChI is InChI=1S/C23H23ClN6O4/c24-17-10-26-11-18(27-17)29(14-4-2-8-25-9-14)12-13-3-1-5-15-20(13)23(34)30(22(15)33)16-6-7-19(31)28-21(16)32/h1,3,5,10-11,14,16,25H,2,4,6-9,12H2,(H,28,31,32). The Labute approximate surface area is 200 Å². The summed E-state index contributed by atoms with van der Waals surface area (Å²) in [5, 5.41) is 5.88. The van der Waals surface area contributed by atoms with Crippen molar-refractivity contribution in [2.75, 3.05) is 18.0 Å². The van der Waals surface area contributed by atoms with Gasteiger partial charge in [0.05, 0.1) is 23.5 Å². The summed E-state index contributed by atoms with van der Waals surface area (Å²) in [7, 11) is 0. The molecule has 2 fully saturated rings. The first-order valence-electron chi connectivity index (χ1n) is 11.2. The van der Waals surface area contributed by atoms with Crippen molar-refractivity contribution in [3.8, 4) is 0 Å². The van der Waals surface area contributed by atoms with Crippen LogP contribution < -0.4 is 15.5 Å². The summed E-state index contributed by atoms with van der Waals surface area (Å²) < 4.78 is 0. The van der Waals surface area contributed by atoms with Crippen LogP contribution in [-0.4, -0.2) is 63.7 Å². The van der Waals surface area contributed by atoms with Gasteiger partial charge in [0.1, 0.15) is 17.0 Å². The lowest BCUT2D eigenvalue weighted by Gasteiger charge is -2.35. The number of nitrogens with one attached hydrogen (secondary N) is 2. The van der Waals surface area contributed by atoms with Crippen molar-refractivity contribution in [3.63, 3.8) is 0 Å². The summed E-state index contributed by atoms with van der Waals surface area (Å²) in [5.41, 5.74) is 1.19. The summed E-state index contributed by atoms with van der Waals surface area (Å²) in [5.74, 6) is -1.50. The van der Waals surface area contributed by atoms with E-state index in [9.17, 15) is 19.2 Å². The molecule has 176 valence electrons. The molecule has 11 heteroatoms. The van der Waals surface area contributed by atoms with Gasteiger partial charge < -0.3 is 10.2 Å². The highest BCUT2D eigenvalue weighted by Crippen LogP contribution is 2.32. The van der Waals surface area contributed by atoms with Crippen LogP contribution in [0.2, 0.25) is 5.15 Å². The first kappa shape index (κ1) is 22.4. The molecule has 1 aromatic heterocycles. The van der Waals surface area contributed by atoms with E-state index >= 15 is 0 Å². The molecular weight excluding hydrogens is 460 g/mol. The van der Waals surface area contributed by atoms with E-state index in [1.807, 2.05) is 4.90 Å². The lowest BCUT2D eigenvalue weighted by molar-refractivity contribution is -0.136. The summed E-state index contributed by atoms with van der Waals surface area (Å²) in [4.78, 5) is 62.2. The molecular formula is C23H23ClN6O4. The van der Waals surface area contributed by atoms with Gasteiger partial charge in [-0.2, -0.15) is 0 Å². The number of piperidine rings is 2. The second kappa shape index (κ2) is 9.11. The van der Waals surface area contributed by atoms with Crippen LogP contribution in [0.15, 0.2) is 30.6 Å². The van der Waals surface area contributed by atoms with E-state index in [0.29, 0.717) is 17.9 Å².